The first-order valence-electron chi connectivity index (χ1n) is 8.90. The van der Waals surface area contributed by atoms with Crippen LogP contribution >= 0.6 is 0 Å². The van der Waals surface area contributed by atoms with Crippen molar-refractivity contribution in [3.63, 3.8) is 0 Å². The van der Waals surface area contributed by atoms with Gasteiger partial charge in [0, 0.05) is 19.0 Å². The van der Waals surface area contributed by atoms with Gasteiger partial charge < -0.3 is 10.2 Å². The summed E-state index contributed by atoms with van der Waals surface area (Å²) >= 11 is 0. The Morgan fingerprint density at radius 2 is 2.00 bits per heavy atom. The lowest BCUT2D eigenvalue weighted by Crippen LogP contribution is -2.49. The lowest BCUT2D eigenvalue weighted by Gasteiger charge is -2.28. The molecule has 4 heteroatoms. The zero-order chi connectivity index (χ0) is 15.9. The first-order chi connectivity index (χ1) is 10.6. The Morgan fingerprint density at radius 3 is 2.77 bits per heavy atom. The molecule has 0 aromatic carbocycles. The van der Waals surface area contributed by atoms with Gasteiger partial charge in [-0.15, -0.1) is 0 Å². The molecule has 2 rings (SSSR count). The molecule has 0 bridgehead atoms. The van der Waals surface area contributed by atoms with E-state index in [1.54, 1.807) is 4.90 Å². The summed E-state index contributed by atoms with van der Waals surface area (Å²) in [6.07, 6.45) is 12.5. The van der Waals surface area contributed by atoms with Crippen LogP contribution < -0.4 is 5.32 Å². The molecule has 1 heterocycles. The van der Waals surface area contributed by atoms with Crippen LogP contribution in [0.1, 0.15) is 65.2 Å². The molecule has 0 radical (unpaired) electrons. The smallest absolute Gasteiger partial charge is 0.242 e. The van der Waals surface area contributed by atoms with E-state index in [-0.39, 0.29) is 23.9 Å². The zero-order valence-corrected chi connectivity index (χ0v) is 14.0. The summed E-state index contributed by atoms with van der Waals surface area (Å²) in [6, 6.07) is -0.0854. The van der Waals surface area contributed by atoms with Gasteiger partial charge in [-0.2, -0.15) is 0 Å². The quantitative estimate of drug-likeness (QED) is 0.797. The summed E-state index contributed by atoms with van der Waals surface area (Å²) in [7, 11) is 0. The predicted octanol–water partition coefficient (Wildman–Crippen LogP) is 3.03. The van der Waals surface area contributed by atoms with Crippen molar-refractivity contribution in [2.24, 2.45) is 5.92 Å². The third kappa shape index (κ3) is 4.85. The van der Waals surface area contributed by atoms with Crippen LogP contribution in [0.4, 0.5) is 0 Å². The number of hydrogen-bond acceptors (Lipinski definition) is 2. The van der Waals surface area contributed by atoms with E-state index in [4.69, 9.17) is 0 Å². The number of fused-ring (bicyclic) bond motifs is 1. The van der Waals surface area contributed by atoms with Crippen LogP contribution in [-0.4, -0.2) is 35.3 Å². The van der Waals surface area contributed by atoms with Crippen LogP contribution in [0.2, 0.25) is 0 Å². The zero-order valence-electron chi connectivity index (χ0n) is 14.0. The highest BCUT2D eigenvalue weighted by molar-refractivity contribution is 5.87. The average Bonchev–Trinajstić information content (AvgIpc) is 3.23. The van der Waals surface area contributed by atoms with Crippen molar-refractivity contribution in [3.8, 4) is 0 Å². The van der Waals surface area contributed by atoms with E-state index in [9.17, 15) is 9.59 Å². The van der Waals surface area contributed by atoms with Gasteiger partial charge >= 0.3 is 0 Å². The Morgan fingerprint density at radius 1 is 1.23 bits per heavy atom. The largest absolute Gasteiger partial charge is 0.351 e. The van der Waals surface area contributed by atoms with Gasteiger partial charge in [0.15, 0.2) is 0 Å². The third-order valence-electron chi connectivity index (χ3n) is 4.69. The Labute approximate surface area is 134 Å². The van der Waals surface area contributed by atoms with E-state index >= 15 is 0 Å². The van der Waals surface area contributed by atoms with Gasteiger partial charge in [-0.05, 0) is 44.9 Å². The standard InChI is InChI=1S/C18H30N2O2/c1-3-12-20-14(2)18(22)19-16-13-15(16)10-8-6-4-5-7-9-11-17(20)21/h8,10,14-16H,3-7,9,11-13H2,1-2H3,(H,19,22)/b10-8-/t14?,15-,16?/m1/s1. The highest BCUT2D eigenvalue weighted by atomic mass is 16.2. The summed E-state index contributed by atoms with van der Waals surface area (Å²) in [5.74, 6) is 0.624. The molecule has 4 nitrogen and oxygen atoms in total. The summed E-state index contributed by atoms with van der Waals surface area (Å²) in [5, 5.41) is 3.10. The fourth-order valence-corrected chi connectivity index (χ4v) is 3.12. The van der Waals surface area contributed by atoms with Gasteiger partial charge in [-0.1, -0.05) is 31.9 Å². The molecular formula is C18H30N2O2. The molecule has 1 aliphatic carbocycles. The minimum atomic E-state index is -0.359. The van der Waals surface area contributed by atoms with Crippen LogP contribution in [0, 0.1) is 5.92 Å². The summed E-state index contributed by atoms with van der Waals surface area (Å²) < 4.78 is 0. The van der Waals surface area contributed by atoms with Gasteiger partial charge in [-0.25, -0.2) is 0 Å². The molecule has 22 heavy (non-hydrogen) atoms. The molecular weight excluding hydrogens is 276 g/mol. The highest BCUT2D eigenvalue weighted by Gasteiger charge is 2.37. The first-order valence-corrected chi connectivity index (χ1v) is 8.90. The number of carbonyl (C=O) groups excluding carboxylic acids is 2. The predicted molar refractivity (Wildman–Crippen MR) is 88.3 cm³/mol. The molecule has 0 aromatic rings. The van der Waals surface area contributed by atoms with Crippen molar-refractivity contribution in [1.29, 1.82) is 0 Å². The summed E-state index contributed by atoms with van der Waals surface area (Å²) in [5.41, 5.74) is 0. The van der Waals surface area contributed by atoms with Crippen LogP contribution in [-0.2, 0) is 9.59 Å². The van der Waals surface area contributed by atoms with Crippen molar-refractivity contribution in [3.05, 3.63) is 12.2 Å². The van der Waals surface area contributed by atoms with E-state index in [1.165, 1.54) is 12.8 Å². The first kappa shape index (κ1) is 17.0. The molecule has 2 aliphatic rings. The number of rotatable bonds is 2. The van der Waals surface area contributed by atoms with Crippen LogP contribution in [0.15, 0.2) is 12.2 Å². The summed E-state index contributed by atoms with van der Waals surface area (Å²) in [6.45, 7) is 4.57. The molecule has 1 fully saturated rings. The molecule has 0 aromatic heterocycles. The maximum absolute atomic E-state index is 12.4. The molecule has 3 atom stereocenters. The molecule has 1 aliphatic heterocycles. The second-order valence-corrected chi connectivity index (χ2v) is 6.66. The monoisotopic (exact) mass is 306 g/mol. The minimum absolute atomic E-state index is 0.00225. The Kier molecular flexibility index (Phi) is 6.47. The van der Waals surface area contributed by atoms with Gasteiger partial charge in [0.1, 0.15) is 6.04 Å². The molecule has 1 saturated carbocycles. The number of allylic oxidation sites excluding steroid dienone is 1. The van der Waals surface area contributed by atoms with Gasteiger partial charge in [0.2, 0.25) is 11.8 Å². The number of hydrogen-bond donors (Lipinski definition) is 1. The fourth-order valence-electron chi connectivity index (χ4n) is 3.12. The average molecular weight is 306 g/mol. The lowest BCUT2D eigenvalue weighted by atomic mass is 10.1. The van der Waals surface area contributed by atoms with E-state index in [0.29, 0.717) is 18.9 Å². The second-order valence-electron chi connectivity index (χ2n) is 6.66. The number of amides is 2. The maximum Gasteiger partial charge on any atom is 0.242 e. The van der Waals surface area contributed by atoms with Crippen molar-refractivity contribution < 1.29 is 9.59 Å². The van der Waals surface area contributed by atoms with Crippen molar-refractivity contribution in [2.75, 3.05) is 6.54 Å². The van der Waals surface area contributed by atoms with Crippen LogP contribution in [0.25, 0.3) is 0 Å². The Bertz CT molecular complexity index is 419. The van der Waals surface area contributed by atoms with Crippen molar-refractivity contribution >= 4 is 11.8 Å². The SMILES string of the molecule is CCCN1C(=O)CCCCCC/C=C\[C@@H]2CC2NC(=O)C1C. The van der Waals surface area contributed by atoms with Crippen LogP contribution in [0.3, 0.4) is 0 Å². The molecule has 2 unspecified atom stereocenters. The normalized spacial score (nSPS) is 32.5. The number of carbonyl (C=O) groups is 2. The van der Waals surface area contributed by atoms with E-state index in [2.05, 4.69) is 24.4 Å². The van der Waals surface area contributed by atoms with E-state index in [1.807, 2.05) is 6.92 Å². The highest BCUT2D eigenvalue weighted by Crippen LogP contribution is 2.32. The van der Waals surface area contributed by atoms with Crippen LogP contribution in [0.5, 0.6) is 0 Å². The molecule has 2 amide bonds. The van der Waals surface area contributed by atoms with Gasteiger partial charge in [0.25, 0.3) is 0 Å². The Balaban J connectivity index is 2.01. The molecule has 0 saturated heterocycles. The number of nitrogens with one attached hydrogen (secondary N) is 1. The van der Waals surface area contributed by atoms with Crippen molar-refractivity contribution in [2.45, 2.75) is 77.3 Å². The minimum Gasteiger partial charge on any atom is -0.351 e. The van der Waals surface area contributed by atoms with Gasteiger partial charge in [0.05, 0.1) is 0 Å². The molecule has 124 valence electrons. The topological polar surface area (TPSA) is 49.4 Å². The lowest BCUT2D eigenvalue weighted by molar-refractivity contribution is -0.140. The van der Waals surface area contributed by atoms with Gasteiger partial charge in [-0.3, -0.25) is 9.59 Å². The second kappa shape index (κ2) is 8.35. The summed E-state index contributed by atoms with van der Waals surface area (Å²) in [4.78, 5) is 26.6. The third-order valence-corrected chi connectivity index (χ3v) is 4.69. The number of nitrogens with zero attached hydrogens (tertiary/aromatic N) is 1. The maximum atomic E-state index is 12.4. The van der Waals surface area contributed by atoms with E-state index < -0.39 is 0 Å². The van der Waals surface area contributed by atoms with Crippen molar-refractivity contribution in [1.82, 2.24) is 10.2 Å². The Hall–Kier alpha value is -1.32. The fraction of sp³-hybridized carbons (Fsp3) is 0.778. The molecule has 0 spiro atoms. The molecule has 1 N–H and O–H groups in total. The van der Waals surface area contributed by atoms with E-state index in [0.717, 1.165) is 32.1 Å².